The molecule has 2 aliphatic rings. The van der Waals surface area contributed by atoms with E-state index in [1.54, 1.807) is 0 Å². The summed E-state index contributed by atoms with van der Waals surface area (Å²) < 4.78 is 0. The van der Waals surface area contributed by atoms with Crippen LogP contribution < -0.4 is 4.90 Å². The first-order valence-electron chi connectivity index (χ1n) is 13.9. The zero-order valence-corrected chi connectivity index (χ0v) is 23.1. The van der Waals surface area contributed by atoms with Gasteiger partial charge in [0.05, 0.1) is 22.8 Å². The van der Waals surface area contributed by atoms with Crippen molar-refractivity contribution in [2.45, 2.75) is 19.3 Å². The molecule has 5 nitrogen and oxygen atoms in total. The van der Waals surface area contributed by atoms with Crippen LogP contribution >= 0.6 is 0 Å². The average molecular weight is 538 g/mol. The molecular weight excluding hydrogens is 514 g/mol. The molecule has 1 aliphatic carbocycles. The van der Waals surface area contributed by atoms with Crippen molar-refractivity contribution >= 4 is 27.8 Å². The van der Waals surface area contributed by atoms with Crippen molar-refractivity contribution in [2.24, 2.45) is 0 Å². The van der Waals surface area contributed by atoms with Crippen LogP contribution in [0.5, 0.6) is 0 Å². The number of benzene rings is 5. The molecule has 42 heavy (non-hydrogen) atoms. The van der Waals surface area contributed by atoms with Gasteiger partial charge in [0.2, 0.25) is 0 Å². The first-order valence-corrected chi connectivity index (χ1v) is 13.9. The lowest BCUT2D eigenvalue weighted by Gasteiger charge is -2.42. The summed E-state index contributed by atoms with van der Waals surface area (Å²) >= 11 is 0. The predicted octanol–water partition coefficient (Wildman–Crippen LogP) is 8.80. The van der Waals surface area contributed by atoms with Gasteiger partial charge in [0.15, 0.2) is 11.4 Å². The highest BCUT2D eigenvalue weighted by atomic mass is 15.2. The minimum absolute atomic E-state index is 0.0549. The van der Waals surface area contributed by atoms with E-state index in [1.807, 2.05) is 24.3 Å². The Hall–Kier alpha value is -5.78. The van der Waals surface area contributed by atoms with Gasteiger partial charge in [-0.25, -0.2) is 9.97 Å². The molecule has 8 rings (SSSR count). The van der Waals surface area contributed by atoms with Gasteiger partial charge in [-0.1, -0.05) is 92.7 Å². The van der Waals surface area contributed by atoms with Gasteiger partial charge in [-0.2, -0.15) is 10.5 Å². The van der Waals surface area contributed by atoms with Crippen molar-refractivity contribution in [3.8, 4) is 45.8 Å². The molecule has 196 valence electrons. The van der Waals surface area contributed by atoms with Crippen LogP contribution in [-0.2, 0) is 5.41 Å². The molecular formula is C37H23N5. The van der Waals surface area contributed by atoms with Crippen LogP contribution in [0, 0.1) is 22.7 Å². The van der Waals surface area contributed by atoms with Crippen molar-refractivity contribution in [2.75, 3.05) is 4.90 Å². The zero-order valence-electron chi connectivity index (χ0n) is 23.1. The molecule has 0 radical (unpaired) electrons. The van der Waals surface area contributed by atoms with Gasteiger partial charge in [-0.15, -0.1) is 0 Å². The lowest BCUT2D eigenvalue weighted by atomic mass is 9.73. The molecule has 0 saturated heterocycles. The Morgan fingerprint density at radius 1 is 0.619 bits per heavy atom. The van der Waals surface area contributed by atoms with Crippen LogP contribution in [0.4, 0.5) is 17.1 Å². The number of aromatic nitrogens is 2. The Labute approximate surface area is 243 Å². The topological polar surface area (TPSA) is 76.6 Å². The summed E-state index contributed by atoms with van der Waals surface area (Å²) in [5.41, 5.74) is 11.4. The van der Waals surface area contributed by atoms with Gasteiger partial charge in [0, 0.05) is 27.6 Å². The largest absolute Gasteiger partial charge is 0.310 e. The molecule has 2 heterocycles. The van der Waals surface area contributed by atoms with Crippen LogP contribution in [0.25, 0.3) is 44.4 Å². The van der Waals surface area contributed by atoms with Gasteiger partial charge in [-0.3, -0.25) is 0 Å². The second-order valence-electron chi connectivity index (χ2n) is 11.3. The Morgan fingerprint density at radius 3 is 1.83 bits per heavy atom. The van der Waals surface area contributed by atoms with E-state index in [1.165, 1.54) is 22.5 Å². The maximum absolute atomic E-state index is 9.56. The number of para-hydroxylation sites is 2. The Kier molecular flexibility index (Phi) is 4.93. The second kappa shape index (κ2) is 8.61. The fourth-order valence-corrected chi connectivity index (χ4v) is 6.78. The monoisotopic (exact) mass is 537 g/mol. The molecule has 1 aromatic heterocycles. The molecule has 5 aromatic carbocycles. The highest BCUT2D eigenvalue weighted by Gasteiger charge is 2.36. The van der Waals surface area contributed by atoms with Gasteiger partial charge < -0.3 is 4.90 Å². The van der Waals surface area contributed by atoms with E-state index in [-0.39, 0.29) is 16.8 Å². The van der Waals surface area contributed by atoms with Crippen molar-refractivity contribution in [1.29, 1.82) is 10.5 Å². The van der Waals surface area contributed by atoms with E-state index in [9.17, 15) is 10.5 Å². The number of rotatable bonds is 2. The summed E-state index contributed by atoms with van der Waals surface area (Å²) in [5, 5.41) is 21.3. The van der Waals surface area contributed by atoms with Crippen LogP contribution in [0.1, 0.15) is 36.4 Å². The lowest BCUT2D eigenvalue weighted by molar-refractivity contribution is 0.632. The molecule has 0 atom stereocenters. The van der Waals surface area contributed by atoms with E-state index in [2.05, 4.69) is 120 Å². The van der Waals surface area contributed by atoms with Gasteiger partial charge in [-0.05, 0) is 51.9 Å². The molecule has 6 aromatic rings. The van der Waals surface area contributed by atoms with Crippen molar-refractivity contribution < 1.29 is 0 Å². The number of hydrogen-bond donors (Lipinski definition) is 0. The van der Waals surface area contributed by atoms with E-state index in [0.717, 1.165) is 38.7 Å². The number of hydrogen-bond acceptors (Lipinski definition) is 5. The van der Waals surface area contributed by atoms with E-state index >= 15 is 0 Å². The second-order valence-corrected chi connectivity index (χ2v) is 11.3. The quantitative estimate of drug-likeness (QED) is 0.220. The number of nitriles is 2. The third kappa shape index (κ3) is 3.17. The molecule has 0 unspecified atom stereocenters. The highest BCUT2D eigenvalue weighted by molar-refractivity contribution is 6.17. The Morgan fingerprint density at radius 2 is 1.19 bits per heavy atom. The van der Waals surface area contributed by atoms with Crippen molar-refractivity contribution in [3.63, 3.8) is 0 Å². The summed E-state index contributed by atoms with van der Waals surface area (Å²) in [4.78, 5) is 11.5. The fourth-order valence-electron chi connectivity index (χ4n) is 6.78. The molecule has 0 bridgehead atoms. The molecule has 0 saturated carbocycles. The van der Waals surface area contributed by atoms with Crippen LogP contribution in [-0.4, -0.2) is 9.97 Å². The third-order valence-corrected chi connectivity index (χ3v) is 8.71. The van der Waals surface area contributed by atoms with Gasteiger partial charge >= 0.3 is 0 Å². The first-order chi connectivity index (χ1) is 20.5. The minimum Gasteiger partial charge on any atom is -0.310 e. The number of anilines is 3. The van der Waals surface area contributed by atoms with Crippen LogP contribution in [0.3, 0.4) is 0 Å². The Balaban J connectivity index is 1.32. The van der Waals surface area contributed by atoms with Crippen molar-refractivity contribution in [3.05, 3.63) is 126 Å². The smallest absolute Gasteiger partial charge is 0.177 e. The lowest BCUT2D eigenvalue weighted by Crippen LogP contribution is -2.30. The summed E-state index contributed by atoms with van der Waals surface area (Å²) in [6.45, 7) is 4.60. The van der Waals surface area contributed by atoms with E-state index in [0.29, 0.717) is 11.4 Å². The summed E-state index contributed by atoms with van der Waals surface area (Å²) in [6, 6.07) is 40.5. The molecule has 0 amide bonds. The third-order valence-electron chi connectivity index (χ3n) is 8.71. The fraction of sp³-hybridized carbons (Fsp3) is 0.0811. The van der Waals surface area contributed by atoms with Crippen molar-refractivity contribution in [1.82, 2.24) is 9.97 Å². The number of fused-ring (bicyclic) bond motifs is 5. The summed E-state index contributed by atoms with van der Waals surface area (Å²) in [5.74, 6) is 0. The minimum atomic E-state index is -0.118. The van der Waals surface area contributed by atoms with Crippen LogP contribution in [0.2, 0.25) is 0 Å². The molecule has 0 N–H and O–H groups in total. The maximum Gasteiger partial charge on any atom is 0.177 e. The van der Waals surface area contributed by atoms with Gasteiger partial charge in [0.1, 0.15) is 12.1 Å². The molecule has 1 aliphatic heterocycles. The average Bonchev–Trinajstić information content (AvgIpc) is 3.34. The summed E-state index contributed by atoms with van der Waals surface area (Å²) in [7, 11) is 0. The first kappa shape index (κ1) is 24.1. The van der Waals surface area contributed by atoms with E-state index in [4.69, 9.17) is 0 Å². The SMILES string of the molecule is CC1(C)c2ccccc2N(c2cccc(-c3ccc4c5c(cccc35)-c3nc(C#N)c(C#N)nc3-4)c2)c2ccccc21. The van der Waals surface area contributed by atoms with E-state index < -0.39 is 0 Å². The highest BCUT2D eigenvalue weighted by Crippen LogP contribution is 2.52. The standard InChI is InChI=1S/C37H23N5/c1-37(2)28-13-3-5-15-32(28)42(33-16-6-4-14-29(33)37)23-10-7-9-22(19-23)24-17-18-27-34-25(24)11-8-12-26(34)35-36(27)41-31(21-39)30(20-38)40-35/h3-19H,1-2H3. The molecule has 0 fully saturated rings. The van der Waals surface area contributed by atoms with Gasteiger partial charge in [0.25, 0.3) is 0 Å². The Bertz CT molecular complexity index is 2120. The molecule has 5 heteroatoms. The van der Waals surface area contributed by atoms with Crippen LogP contribution in [0.15, 0.2) is 103 Å². The zero-order chi connectivity index (χ0) is 28.6. The molecule has 0 spiro atoms. The number of nitrogens with zero attached hydrogens (tertiary/aromatic N) is 5. The summed E-state index contributed by atoms with van der Waals surface area (Å²) in [6.07, 6.45) is 0. The predicted molar refractivity (Wildman–Crippen MR) is 166 cm³/mol. The normalized spacial score (nSPS) is 13.6. The maximum atomic E-state index is 9.56.